The van der Waals surface area contributed by atoms with Gasteiger partial charge >= 0.3 is 6.18 Å². The first-order valence-electron chi connectivity index (χ1n) is 9.77. The number of oxazole rings is 1. The van der Waals surface area contributed by atoms with Crippen LogP contribution < -0.4 is 5.32 Å². The van der Waals surface area contributed by atoms with Gasteiger partial charge in [0.2, 0.25) is 0 Å². The van der Waals surface area contributed by atoms with Gasteiger partial charge in [-0.1, -0.05) is 13.8 Å². The Morgan fingerprint density at radius 3 is 2.53 bits per heavy atom. The van der Waals surface area contributed by atoms with Gasteiger partial charge in [0.15, 0.2) is 11.5 Å². The van der Waals surface area contributed by atoms with Gasteiger partial charge in [-0.2, -0.15) is 18.3 Å². The highest BCUT2D eigenvalue weighted by Gasteiger charge is 2.49. The molecule has 1 fully saturated rings. The van der Waals surface area contributed by atoms with Crippen LogP contribution in [-0.2, 0) is 0 Å². The summed E-state index contributed by atoms with van der Waals surface area (Å²) >= 11 is 0. The van der Waals surface area contributed by atoms with Crippen molar-refractivity contribution in [3.63, 3.8) is 0 Å². The largest absolute Gasteiger partial charge is 0.445 e. The first-order chi connectivity index (χ1) is 14.1. The van der Waals surface area contributed by atoms with Gasteiger partial charge in [0.25, 0.3) is 5.91 Å². The molecule has 1 aliphatic carbocycles. The van der Waals surface area contributed by atoms with Crippen molar-refractivity contribution >= 4 is 11.6 Å². The van der Waals surface area contributed by atoms with Crippen LogP contribution in [0.1, 0.15) is 60.3 Å². The van der Waals surface area contributed by atoms with Gasteiger partial charge in [0, 0.05) is 11.6 Å². The van der Waals surface area contributed by atoms with Crippen molar-refractivity contribution in [2.45, 2.75) is 58.7 Å². The molecule has 0 radical (unpaired) electrons. The number of amides is 1. The van der Waals surface area contributed by atoms with E-state index in [2.05, 4.69) is 20.4 Å². The van der Waals surface area contributed by atoms with Crippen LogP contribution in [-0.4, -0.2) is 37.7 Å². The molecule has 3 heterocycles. The summed E-state index contributed by atoms with van der Waals surface area (Å²) in [6.07, 6.45) is -2.36. The van der Waals surface area contributed by atoms with Gasteiger partial charge in [0.1, 0.15) is 23.1 Å². The zero-order chi connectivity index (χ0) is 21.8. The molecule has 160 valence electrons. The zero-order valence-corrected chi connectivity index (χ0v) is 17.0. The molecule has 1 atom stereocenters. The predicted octanol–water partition coefficient (Wildman–Crippen LogP) is 4.20. The molecule has 0 unspecified atom stereocenters. The number of hydrogen-bond acceptors (Lipinski definition) is 5. The van der Waals surface area contributed by atoms with E-state index in [1.807, 2.05) is 13.8 Å². The average Bonchev–Trinajstić information content (AvgIpc) is 3.26. The van der Waals surface area contributed by atoms with Crippen LogP contribution in [0.15, 0.2) is 16.7 Å². The molecule has 30 heavy (non-hydrogen) atoms. The smallest absolute Gasteiger partial charge is 0.408 e. The Bertz CT molecular complexity index is 1110. The maximum Gasteiger partial charge on any atom is 0.408 e. The summed E-state index contributed by atoms with van der Waals surface area (Å²) in [5, 5.41) is 6.26. The van der Waals surface area contributed by atoms with E-state index >= 15 is 0 Å². The first-order valence-corrected chi connectivity index (χ1v) is 9.77. The first kappa shape index (κ1) is 20.4. The van der Waals surface area contributed by atoms with Crippen molar-refractivity contribution in [2.24, 2.45) is 5.92 Å². The van der Waals surface area contributed by atoms with Gasteiger partial charge in [-0.3, -0.25) is 4.79 Å². The number of nitrogens with one attached hydrogen (secondary N) is 1. The van der Waals surface area contributed by atoms with Crippen molar-refractivity contribution in [2.75, 3.05) is 0 Å². The second kappa shape index (κ2) is 7.10. The minimum absolute atomic E-state index is 0.0138. The van der Waals surface area contributed by atoms with Crippen LogP contribution in [0.4, 0.5) is 13.2 Å². The minimum atomic E-state index is -4.50. The molecular formula is C20H22F3N5O2. The lowest BCUT2D eigenvalue weighted by molar-refractivity contribution is -0.158. The maximum atomic E-state index is 13.3. The van der Waals surface area contributed by atoms with Crippen molar-refractivity contribution in [1.29, 1.82) is 0 Å². The molecule has 7 nitrogen and oxygen atoms in total. The predicted molar refractivity (Wildman–Crippen MR) is 102 cm³/mol. The molecule has 1 N–H and O–H groups in total. The number of rotatable bonds is 5. The van der Waals surface area contributed by atoms with E-state index in [0.717, 1.165) is 0 Å². The van der Waals surface area contributed by atoms with E-state index in [1.54, 1.807) is 19.9 Å². The maximum absolute atomic E-state index is 13.3. The van der Waals surface area contributed by atoms with Crippen molar-refractivity contribution in [1.82, 2.24) is 24.9 Å². The Morgan fingerprint density at radius 2 is 1.97 bits per heavy atom. The lowest BCUT2D eigenvalue weighted by atomic mass is 10.1. The van der Waals surface area contributed by atoms with E-state index in [4.69, 9.17) is 4.42 Å². The molecule has 3 aromatic heterocycles. The van der Waals surface area contributed by atoms with E-state index < -0.39 is 24.0 Å². The molecule has 1 aliphatic rings. The molecule has 0 aromatic carbocycles. The van der Waals surface area contributed by atoms with Crippen molar-refractivity contribution < 1.29 is 22.4 Å². The van der Waals surface area contributed by atoms with Crippen LogP contribution in [0.3, 0.4) is 0 Å². The quantitative estimate of drug-likeness (QED) is 0.668. The van der Waals surface area contributed by atoms with Gasteiger partial charge in [-0.05, 0) is 38.7 Å². The fourth-order valence-electron chi connectivity index (χ4n) is 3.41. The van der Waals surface area contributed by atoms with Crippen LogP contribution in [0, 0.1) is 19.8 Å². The van der Waals surface area contributed by atoms with Gasteiger partial charge in [-0.25, -0.2) is 14.5 Å². The third-order valence-corrected chi connectivity index (χ3v) is 5.18. The van der Waals surface area contributed by atoms with Crippen molar-refractivity contribution in [3.8, 4) is 11.4 Å². The number of nitrogens with zero attached hydrogens (tertiary/aromatic N) is 4. The molecule has 4 rings (SSSR count). The summed E-state index contributed by atoms with van der Waals surface area (Å²) in [7, 11) is 0. The lowest BCUT2D eigenvalue weighted by Crippen LogP contribution is -2.46. The zero-order valence-electron chi connectivity index (χ0n) is 17.0. The molecule has 0 bridgehead atoms. The molecule has 0 saturated heterocycles. The number of aromatic nitrogens is 4. The van der Waals surface area contributed by atoms with Gasteiger partial charge in [-0.15, -0.1) is 0 Å². The summed E-state index contributed by atoms with van der Waals surface area (Å²) in [5.74, 6) is -0.200. The highest BCUT2D eigenvalue weighted by atomic mass is 19.4. The van der Waals surface area contributed by atoms with Crippen LogP contribution in [0.5, 0.6) is 0 Å². The number of carbonyl (C=O) groups excluding carboxylic acids is 1. The van der Waals surface area contributed by atoms with E-state index in [1.165, 1.54) is 10.7 Å². The van der Waals surface area contributed by atoms with Gasteiger partial charge < -0.3 is 9.73 Å². The number of carbonyl (C=O) groups is 1. The van der Waals surface area contributed by atoms with E-state index in [-0.39, 0.29) is 17.1 Å². The Balaban J connectivity index is 1.73. The van der Waals surface area contributed by atoms with Crippen LogP contribution in [0.2, 0.25) is 0 Å². The minimum Gasteiger partial charge on any atom is -0.445 e. The lowest BCUT2D eigenvalue weighted by Gasteiger charge is -2.20. The number of hydrogen-bond donors (Lipinski definition) is 1. The summed E-state index contributed by atoms with van der Waals surface area (Å²) < 4.78 is 47.1. The monoisotopic (exact) mass is 421 g/mol. The summed E-state index contributed by atoms with van der Waals surface area (Å²) in [5.41, 5.74) is 1.82. The Labute approximate surface area is 170 Å². The number of alkyl halides is 3. The summed E-state index contributed by atoms with van der Waals surface area (Å²) in [4.78, 5) is 21.7. The van der Waals surface area contributed by atoms with Crippen LogP contribution >= 0.6 is 0 Å². The van der Waals surface area contributed by atoms with Crippen molar-refractivity contribution in [3.05, 3.63) is 35.2 Å². The third-order valence-electron chi connectivity index (χ3n) is 5.18. The molecule has 1 amide bonds. The Morgan fingerprint density at radius 1 is 1.27 bits per heavy atom. The Kier molecular flexibility index (Phi) is 4.82. The summed E-state index contributed by atoms with van der Waals surface area (Å²) in [6.45, 7) is 7.44. The normalized spacial score (nSPS) is 15.7. The highest BCUT2D eigenvalue weighted by Crippen LogP contribution is 2.40. The topological polar surface area (TPSA) is 85.3 Å². The van der Waals surface area contributed by atoms with Crippen LogP contribution in [0.25, 0.3) is 17.0 Å². The molecule has 3 aromatic rings. The standard InChI is InChI=1S/C20H22F3N5O2/c1-9(2)19-26-15(11(4)30-19)14-7-10(3)28-17(25-14)13(8-24-28)18(29)27-16(12-5-6-12)20(21,22)23/h7-9,12,16H,5-6H2,1-4H3,(H,27,29)/t16-/m1/s1. The number of fused-ring (bicyclic) bond motifs is 1. The second-order valence-corrected chi connectivity index (χ2v) is 8.02. The molecular weight excluding hydrogens is 399 g/mol. The van der Waals surface area contributed by atoms with E-state index in [0.29, 0.717) is 41.6 Å². The molecule has 0 aliphatic heterocycles. The van der Waals surface area contributed by atoms with Gasteiger partial charge in [0.05, 0.1) is 11.9 Å². The Hall–Kier alpha value is -2.91. The summed E-state index contributed by atoms with van der Waals surface area (Å²) in [6, 6.07) is -0.116. The van der Waals surface area contributed by atoms with E-state index in [9.17, 15) is 18.0 Å². The number of halogens is 3. The fourth-order valence-corrected chi connectivity index (χ4v) is 3.41. The highest BCUT2D eigenvalue weighted by molar-refractivity contribution is 6.00. The second-order valence-electron chi connectivity index (χ2n) is 8.02. The molecule has 10 heteroatoms. The average molecular weight is 421 g/mol. The number of aryl methyl sites for hydroxylation is 2. The fraction of sp³-hybridized carbons (Fsp3) is 0.500. The SMILES string of the molecule is Cc1oc(C(C)C)nc1-c1cc(C)n2ncc(C(=O)N[C@H](C3CC3)C(F)(F)F)c2n1. The molecule has 1 saturated carbocycles. The molecule has 0 spiro atoms. The third kappa shape index (κ3) is 3.66.